The predicted octanol–water partition coefficient (Wildman–Crippen LogP) is 3.34. The summed E-state index contributed by atoms with van der Waals surface area (Å²) in [4.78, 5) is 27.3. The lowest BCUT2D eigenvalue weighted by Gasteiger charge is -2.21. The summed E-state index contributed by atoms with van der Waals surface area (Å²) in [6, 6.07) is 16.7. The number of nitrogens with zero attached hydrogens (tertiary/aromatic N) is 3. The van der Waals surface area contributed by atoms with Crippen molar-refractivity contribution in [3.05, 3.63) is 81.9 Å². The molecule has 0 aliphatic carbocycles. The van der Waals surface area contributed by atoms with Gasteiger partial charge in [0.2, 0.25) is 5.91 Å². The van der Waals surface area contributed by atoms with Gasteiger partial charge in [0.25, 0.3) is 5.69 Å². The number of hydrogen-bond donors (Lipinski definition) is 0. The molecule has 1 aliphatic rings. The first-order chi connectivity index (χ1) is 13.1. The molecule has 0 saturated carbocycles. The average molecular weight is 365 g/mol. The molecule has 0 aromatic heterocycles. The Kier molecular flexibility index (Phi) is 6.33. The second kappa shape index (κ2) is 9.09. The molecule has 1 amide bonds. The number of rotatable bonds is 5. The predicted molar refractivity (Wildman–Crippen MR) is 105 cm³/mol. The fraction of sp³-hybridized carbons (Fsp3) is 0.286. The van der Waals surface area contributed by atoms with Crippen LogP contribution in [0.4, 0.5) is 5.69 Å². The highest BCUT2D eigenvalue weighted by molar-refractivity contribution is 5.92. The van der Waals surface area contributed by atoms with Crippen molar-refractivity contribution in [2.75, 3.05) is 26.2 Å². The van der Waals surface area contributed by atoms with E-state index in [1.165, 1.54) is 23.8 Å². The molecule has 140 valence electrons. The van der Waals surface area contributed by atoms with E-state index in [1.807, 2.05) is 23.1 Å². The number of benzene rings is 2. The maximum absolute atomic E-state index is 12.5. The minimum Gasteiger partial charge on any atom is -0.338 e. The van der Waals surface area contributed by atoms with E-state index in [2.05, 4.69) is 17.0 Å². The zero-order chi connectivity index (χ0) is 19.1. The van der Waals surface area contributed by atoms with Crippen LogP contribution >= 0.6 is 0 Å². The summed E-state index contributed by atoms with van der Waals surface area (Å²) in [5, 5.41) is 11.1. The third-order valence-corrected chi connectivity index (χ3v) is 4.69. The molecule has 0 atom stereocenters. The third kappa shape index (κ3) is 5.24. The van der Waals surface area contributed by atoms with E-state index in [1.54, 1.807) is 18.2 Å². The van der Waals surface area contributed by atoms with E-state index in [0.29, 0.717) is 18.7 Å². The van der Waals surface area contributed by atoms with E-state index >= 15 is 0 Å². The fourth-order valence-electron chi connectivity index (χ4n) is 3.25. The van der Waals surface area contributed by atoms with Crippen molar-refractivity contribution in [2.24, 2.45) is 0 Å². The number of nitro benzene ring substituents is 1. The first-order valence-electron chi connectivity index (χ1n) is 9.10. The van der Waals surface area contributed by atoms with Crippen LogP contribution in [-0.2, 0) is 11.3 Å². The molecular weight excluding hydrogens is 342 g/mol. The van der Waals surface area contributed by atoms with E-state index < -0.39 is 4.92 Å². The lowest BCUT2D eigenvalue weighted by atomic mass is 10.1. The Balaban J connectivity index is 1.59. The molecule has 1 heterocycles. The van der Waals surface area contributed by atoms with Crippen LogP contribution in [0, 0.1) is 10.1 Å². The summed E-state index contributed by atoms with van der Waals surface area (Å²) in [5.41, 5.74) is 1.72. The summed E-state index contributed by atoms with van der Waals surface area (Å²) in [7, 11) is 0. The highest BCUT2D eigenvalue weighted by Gasteiger charge is 2.18. The van der Waals surface area contributed by atoms with E-state index in [9.17, 15) is 14.9 Å². The fourth-order valence-corrected chi connectivity index (χ4v) is 3.25. The minimum absolute atomic E-state index is 0.00597. The number of hydrogen-bond acceptors (Lipinski definition) is 4. The molecular formula is C21H23N3O3. The Morgan fingerprint density at radius 3 is 2.52 bits per heavy atom. The molecule has 0 bridgehead atoms. The van der Waals surface area contributed by atoms with Crippen molar-refractivity contribution in [3.8, 4) is 0 Å². The Bertz CT molecular complexity index is 820. The number of nitro groups is 1. The topological polar surface area (TPSA) is 66.7 Å². The molecule has 6 heteroatoms. The first-order valence-corrected chi connectivity index (χ1v) is 9.10. The van der Waals surface area contributed by atoms with Gasteiger partial charge in [-0.25, -0.2) is 0 Å². The largest absolute Gasteiger partial charge is 0.338 e. The average Bonchev–Trinajstić information content (AvgIpc) is 2.93. The molecule has 6 nitrogen and oxygen atoms in total. The molecule has 0 unspecified atom stereocenters. The van der Waals surface area contributed by atoms with Crippen molar-refractivity contribution >= 4 is 17.7 Å². The van der Waals surface area contributed by atoms with Crippen LogP contribution < -0.4 is 0 Å². The number of carbonyl (C=O) groups excluding carboxylic acids is 1. The molecule has 27 heavy (non-hydrogen) atoms. The molecule has 0 radical (unpaired) electrons. The van der Waals surface area contributed by atoms with Gasteiger partial charge in [-0.15, -0.1) is 0 Å². The van der Waals surface area contributed by atoms with E-state index in [0.717, 1.165) is 26.1 Å². The van der Waals surface area contributed by atoms with Crippen LogP contribution in [0.1, 0.15) is 17.5 Å². The molecule has 2 aromatic rings. The second-order valence-corrected chi connectivity index (χ2v) is 6.59. The second-order valence-electron chi connectivity index (χ2n) is 6.59. The zero-order valence-electron chi connectivity index (χ0n) is 15.2. The number of carbonyl (C=O) groups is 1. The van der Waals surface area contributed by atoms with Crippen LogP contribution in [0.25, 0.3) is 6.08 Å². The quantitative estimate of drug-likeness (QED) is 0.463. The van der Waals surface area contributed by atoms with Crippen LogP contribution in [0.15, 0.2) is 60.7 Å². The standard InChI is InChI=1S/C21H23N3O3/c25-21(12-11-19-9-4-5-10-20(19)24(26)27)23-14-6-13-22(15-16-23)17-18-7-2-1-3-8-18/h1-5,7-12H,6,13-17H2. The molecule has 2 aromatic carbocycles. The van der Waals surface area contributed by atoms with Crippen molar-refractivity contribution in [1.82, 2.24) is 9.80 Å². The van der Waals surface area contributed by atoms with Crippen LogP contribution in [-0.4, -0.2) is 46.8 Å². The van der Waals surface area contributed by atoms with Gasteiger partial charge in [-0.2, -0.15) is 0 Å². The highest BCUT2D eigenvalue weighted by atomic mass is 16.6. The van der Waals surface area contributed by atoms with Crippen molar-refractivity contribution in [3.63, 3.8) is 0 Å². The Hall–Kier alpha value is -2.99. The van der Waals surface area contributed by atoms with Gasteiger partial charge in [-0.1, -0.05) is 42.5 Å². The van der Waals surface area contributed by atoms with Crippen LogP contribution in [0.5, 0.6) is 0 Å². The third-order valence-electron chi connectivity index (χ3n) is 4.69. The summed E-state index contributed by atoms with van der Waals surface area (Å²) in [6.07, 6.45) is 3.89. The summed E-state index contributed by atoms with van der Waals surface area (Å²) < 4.78 is 0. The van der Waals surface area contributed by atoms with E-state index in [-0.39, 0.29) is 11.6 Å². The summed E-state index contributed by atoms with van der Waals surface area (Å²) >= 11 is 0. The number of para-hydroxylation sites is 1. The lowest BCUT2D eigenvalue weighted by Crippen LogP contribution is -2.34. The Labute approximate surface area is 158 Å². The van der Waals surface area contributed by atoms with Crippen molar-refractivity contribution in [2.45, 2.75) is 13.0 Å². The molecule has 0 N–H and O–H groups in total. The Morgan fingerprint density at radius 1 is 1.00 bits per heavy atom. The van der Waals surface area contributed by atoms with Gasteiger partial charge in [0.1, 0.15) is 0 Å². The number of amides is 1. The highest BCUT2D eigenvalue weighted by Crippen LogP contribution is 2.19. The lowest BCUT2D eigenvalue weighted by molar-refractivity contribution is -0.385. The molecule has 1 aliphatic heterocycles. The smallest absolute Gasteiger partial charge is 0.276 e. The maximum atomic E-state index is 12.5. The van der Waals surface area contributed by atoms with Gasteiger partial charge >= 0.3 is 0 Å². The molecule has 0 spiro atoms. The van der Waals surface area contributed by atoms with Crippen molar-refractivity contribution < 1.29 is 9.72 Å². The van der Waals surface area contributed by atoms with Gasteiger partial charge in [0, 0.05) is 44.9 Å². The van der Waals surface area contributed by atoms with Crippen LogP contribution in [0.3, 0.4) is 0 Å². The van der Waals surface area contributed by atoms with Gasteiger partial charge in [0.05, 0.1) is 10.5 Å². The molecule has 1 fully saturated rings. The van der Waals surface area contributed by atoms with E-state index in [4.69, 9.17) is 0 Å². The summed E-state index contributed by atoms with van der Waals surface area (Å²) in [6.45, 7) is 4.01. The Morgan fingerprint density at radius 2 is 1.74 bits per heavy atom. The minimum atomic E-state index is -0.433. The van der Waals surface area contributed by atoms with Crippen LogP contribution in [0.2, 0.25) is 0 Å². The monoisotopic (exact) mass is 365 g/mol. The van der Waals surface area contributed by atoms with Gasteiger partial charge in [-0.05, 0) is 24.1 Å². The van der Waals surface area contributed by atoms with Gasteiger partial charge in [-0.3, -0.25) is 19.8 Å². The zero-order valence-corrected chi connectivity index (χ0v) is 15.2. The summed E-state index contributed by atoms with van der Waals surface area (Å²) in [5.74, 6) is -0.102. The molecule has 3 rings (SSSR count). The normalized spacial score (nSPS) is 15.6. The van der Waals surface area contributed by atoms with Gasteiger partial charge < -0.3 is 4.90 Å². The van der Waals surface area contributed by atoms with Crippen molar-refractivity contribution in [1.29, 1.82) is 0 Å². The first kappa shape index (κ1) is 18.8. The van der Waals surface area contributed by atoms with Gasteiger partial charge in [0.15, 0.2) is 0 Å². The maximum Gasteiger partial charge on any atom is 0.276 e. The molecule has 1 saturated heterocycles. The SMILES string of the molecule is O=C(C=Cc1ccccc1[N+](=O)[O-])N1CCCN(Cc2ccccc2)CC1.